The van der Waals surface area contributed by atoms with Crippen LogP contribution in [0, 0.1) is 5.92 Å². The molecule has 118 valence electrons. The molecular formula is C14H18N4O4. The number of carboxylic acid groups (broad SMARTS) is 1. The number of aldehydes is 1. The zero-order valence-electron chi connectivity index (χ0n) is 11.8. The number of aliphatic imine (C=N–C) groups is 1. The van der Waals surface area contributed by atoms with E-state index >= 15 is 0 Å². The van der Waals surface area contributed by atoms with E-state index in [0.29, 0.717) is 6.29 Å². The molecule has 1 amide bonds. The predicted octanol–water partition coefficient (Wildman–Crippen LogP) is -1.11. The van der Waals surface area contributed by atoms with Gasteiger partial charge < -0.3 is 26.7 Å². The van der Waals surface area contributed by atoms with Gasteiger partial charge in [-0.15, -0.1) is 0 Å². The molecule has 0 heterocycles. The lowest BCUT2D eigenvalue weighted by Crippen LogP contribution is -2.46. The van der Waals surface area contributed by atoms with Crippen molar-refractivity contribution in [3.8, 4) is 0 Å². The highest BCUT2D eigenvalue weighted by Crippen LogP contribution is 2.06. The van der Waals surface area contributed by atoms with E-state index in [1.807, 2.05) is 6.07 Å². The number of hydrogen-bond acceptors (Lipinski definition) is 4. The third kappa shape index (κ3) is 5.61. The molecule has 0 spiro atoms. The van der Waals surface area contributed by atoms with Crippen LogP contribution in [0.2, 0.25) is 0 Å². The molecule has 0 aliphatic carbocycles. The van der Waals surface area contributed by atoms with Gasteiger partial charge in [0.05, 0.1) is 19.0 Å². The van der Waals surface area contributed by atoms with Crippen molar-refractivity contribution in [3.05, 3.63) is 35.9 Å². The van der Waals surface area contributed by atoms with Crippen molar-refractivity contribution in [1.82, 2.24) is 5.32 Å². The maximum atomic E-state index is 11.9. The Morgan fingerprint density at radius 1 is 1.27 bits per heavy atom. The van der Waals surface area contributed by atoms with E-state index < -0.39 is 23.8 Å². The molecular weight excluding hydrogens is 288 g/mol. The molecule has 1 aromatic rings. The number of guanidine groups is 1. The summed E-state index contributed by atoms with van der Waals surface area (Å²) in [6, 6.07) is 7.66. The van der Waals surface area contributed by atoms with Gasteiger partial charge >= 0.3 is 5.97 Å². The summed E-state index contributed by atoms with van der Waals surface area (Å²) in [7, 11) is 0. The van der Waals surface area contributed by atoms with Crippen molar-refractivity contribution >= 4 is 24.1 Å². The van der Waals surface area contributed by atoms with Crippen LogP contribution >= 0.6 is 0 Å². The average molecular weight is 306 g/mol. The van der Waals surface area contributed by atoms with Gasteiger partial charge in [0.1, 0.15) is 12.2 Å². The summed E-state index contributed by atoms with van der Waals surface area (Å²) in [4.78, 5) is 37.8. The van der Waals surface area contributed by atoms with E-state index in [1.54, 1.807) is 24.3 Å². The third-order valence-electron chi connectivity index (χ3n) is 2.90. The second-order valence-electron chi connectivity index (χ2n) is 4.60. The zero-order valence-corrected chi connectivity index (χ0v) is 11.8. The number of nitrogens with zero attached hydrogens (tertiary/aromatic N) is 1. The minimum atomic E-state index is -1.28. The Kier molecular flexibility index (Phi) is 6.55. The SMILES string of the molecule is NC(N)=NCC(C(=O)O)[C@@H](C=O)NC(=O)Cc1ccccc1. The van der Waals surface area contributed by atoms with Gasteiger partial charge in [0, 0.05) is 0 Å². The number of nitrogens with one attached hydrogen (secondary N) is 1. The molecule has 0 aliphatic heterocycles. The van der Waals surface area contributed by atoms with Gasteiger partial charge in [0.2, 0.25) is 5.91 Å². The molecule has 0 fully saturated rings. The number of amides is 1. The molecule has 0 aromatic heterocycles. The van der Waals surface area contributed by atoms with Crippen molar-refractivity contribution in [3.63, 3.8) is 0 Å². The quantitative estimate of drug-likeness (QED) is 0.272. The first-order valence-corrected chi connectivity index (χ1v) is 6.50. The van der Waals surface area contributed by atoms with Crippen LogP contribution in [-0.4, -0.2) is 41.8 Å². The fourth-order valence-electron chi connectivity index (χ4n) is 1.80. The number of rotatable bonds is 8. The Balaban J connectivity index is 2.72. The smallest absolute Gasteiger partial charge is 0.310 e. The first kappa shape index (κ1) is 17.2. The van der Waals surface area contributed by atoms with E-state index in [0.717, 1.165) is 5.56 Å². The van der Waals surface area contributed by atoms with Gasteiger partial charge in [-0.25, -0.2) is 0 Å². The normalized spacial score (nSPS) is 12.7. The zero-order chi connectivity index (χ0) is 16.5. The Morgan fingerprint density at radius 2 is 1.91 bits per heavy atom. The van der Waals surface area contributed by atoms with Crippen LogP contribution < -0.4 is 16.8 Å². The van der Waals surface area contributed by atoms with Gasteiger partial charge in [-0.05, 0) is 5.56 Å². The number of carbonyl (C=O) groups is 3. The molecule has 1 rings (SSSR count). The Morgan fingerprint density at radius 3 is 2.41 bits per heavy atom. The molecule has 2 atom stereocenters. The fraction of sp³-hybridized carbons (Fsp3) is 0.286. The lowest BCUT2D eigenvalue weighted by atomic mass is 10.0. The number of nitrogens with two attached hydrogens (primary N) is 2. The number of carboxylic acids is 1. The van der Waals surface area contributed by atoms with E-state index in [4.69, 9.17) is 16.6 Å². The minimum absolute atomic E-state index is 0.0415. The number of aliphatic carboxylic acids is 1. The van der Waals surface area contributed by atoms with Gasteiger partial charge in [-0.3, -0.25) is 14.6 Å². The van der Waals surface area contributed by atoms with E-state index in [2.05, 4.69) is 10.3 Å². The summed E-state index contributed by atoms with van der Waals surface area (Å²) in [5.74, 6) is -3.26. The van der Waals surface area contributed by atoms with Gasteiger partial charge in [0.25, 0.3) is 0 Å². The Bertz CT molecular complexity index is 555. The summed E-state index contributed by atoms with van der Waals surface area (Å²) in [5, 5.41) is 11.5. The second kappa shape index (κ2) is 8.40. The van der Waals surface area contributed by atoms with Crippen LogP contribution in [0.4, 0.5) is 0 Å². The summed E-state index contributed by atoms with van der Waals surface area (Å²) < 4.78 is 0. The van der Waals surface area contributed by atoms with Crippen molar-refractivity contribution in [2.75, 3.05) is 6.54 Å². The molecule has 1 aromatic carbocycles. The monoisotopic (exact) mass is 306 g/mol. The summed E-state index contributed by atoms with van der Waals surface area (Å²) >= 11 is 0. The first-order valence-electron chi connectivity index (χ1n) is 6.50. The van der Waals surface area contributed by atoms with Gasteiger partial charge in [-0.1, -0.05) is 30.3 Å². The Labute approximate surface area is 127 Å². The minimum Gasteiger partial charge on any atom is -0.481 e. The standard InChI is InChI=1S/C14H18N4O4/c15-14(16)17-7-10(13(21)22)11(8-19)18-12(20)6-9-4-2-1-3-5-9/h1-5,8,10-11H,6-7H2,(H,18,20)(H,21,22)(H4,15,16,17)/t10?,11-/m1/s1. The number of hydrogen-bond donors (Lipinski definition) is 4. The van der Waals surface area contributed by atoms with E-state index in [9.17, 15) is 14.4 Å². The summed E-state index contributed by atoms with van der Waals surface area (Å²) in [6.07, 6.45) is 0.406. The van der Waals surface area contributed by atoms with Crippen molar-refractivity contribution in [1.29, 1.82) is 0 Å². The van der Waals surface area contributed by atoms with Crippen LogP contribution in [0.15, 0.2) is 35.3 Å². The summed E-state index contributed by atoms with van der Waals surface area (Å²) in [5.41, 5.74) is 11.0. The maximum absolute atomic E-state index is 11.9. The van der Waals surface area contributed by atoms with Crippen LogP contribution in [0.5, 0.6) is 0 Å². The van der Waals surface area contributed by atoms with Crippen molar-refractivity contribution in [2.24, 2.45) is 22.4 Å². The van der Waals surface area contributed by atoms with Crippen molar-refractivity contribution < 1.29 is 19.5 Å². The van der Waals surface area contributed by atoms with E-state index in [1.165, 1.54) is 0 Å². The Hall–Kier alpha value is -2.90. The van der Waals surface area contributed by atoms with Crippen LogP contribution in [0.1, 0.15) is 5.56 Å². The average Bonchev–Trinajstić information content (AvgIpc) is 2.46. The predicted molar refractivity (Wildman–Crippen MR) is 79.9 cm³/mol. The summed E-state index contributed by atoms with van der Waals surface area (Å²) in [6.45, 7) is -0.299. The molecule has 8 nitrogen and oxygen atoms in total. The molecule has 1 unspecified atom stereocenters. The third-order valence-corrected chi connectivity index (χ3v) is 2.90. The molecule has 8 heteroatoms. The molecule has 0 radical (unpaired) electrons. The highest BCUT2D eigenvalue weighted by Gasteiger charge is 2.29. The lowest BCUT2D eigenvalue weighted by molar-refractivity contribution is -0.143. The van der Waals surface area contributed by atoms with Crippen LogP contribution in [0.3, 0.4) is 0 Å². The molecule has 22 heavy (non-hydrogen) atoms. The molecule has 0 saturated heterocycles. The molecule has 0 saturated carbocycles. The molecule has 6 N–H and O–H groups in total. The second-order valence-corrected chi connectivity index (χ2v) is 4.60. The molecule has 0 bridgehead atoms. The number of benzene rings is 1. The topological polar surface area (TPSA) is 148 Å². The van der Waals surface area contributed by atoms with Crippen LogP contribution in [0.25, 0.3) is 0 Å². The maximum Gasteiger partial charge on any atom is 0.310 e. The molecule has 0 aliphatic rings. The van der Waals surface area contributed by atoms with E-state index in [-0.39, 0.29) is 18.9 Å². The highest BCUT2D eigenvalue weighted by atomic mass is 16.4. The van der Waals surface area contributed by atoms with Gasteiger partial charge in [-0.2, -0.15) is 0 Å². The van der Waals surface area contributed by atoms with Gasteiger partial charge in [0.15, 0.2) is 5.96 Å². The highest BCUT2D eigenvalue weighted by molar-refractivity contribution is 5.85. The van der Waals surface area contributed by atoms with Crippen LogP contribution in [-0.2, 0) is 20.8 Å². The largest absolute Gasteiger partial charge is 0.481 e. The lowest BCUT2D eigenvalue weighted by Gasteiger charge is -2.19. The first-order chi connectivity index (χ1) is 10.4. The fourth-order valence-corrected chi connectivity index (χ4v) is 1.80. The van der Waals surface area contributed by atoms with Crippen molar-refractivity contribution in [2.45, 2.75) is 12.5 Å². The number of carbonyl (C=O) groups excluding carboxylic acids is 2.